The summed E-state index contributed by atoms with van der Waals surface area (Å²) in [5.41, 5.74) is 0. The van der Waals surface area contributed by atoms with Gasteiger partial charge in [0.1, 0.15) is 9.68 Å². The van der Waals surface area contributed by atoms with Gasteiger partial charge in [0.2, 0.25) is 0 Å². The third-order valence-electron chi connectivity index (χ3n) is 3.83. The lowest BCUT2D eigenvalue weighted by Crippen LogP contribution is -2.44. The van der Waals surface area contributed by atoms with Crippen LogP contribution in [0, 0.1) is 0 Å². The van der Waals surface area contributed by atoms with Gasteiger partial charge in [-0.15, -0.1) is 0 Å². The van der Waals surface area contributed by atoms with E-state index in [1.54, 1.807) is 5.19 Å². The maximum absolute atomic E-state index is 2.84. The van der Waals surface area contributed by atoms with Crippen LogP contribution in [-0.2, 0) is 0 Å². The predicted octanol–water partition coefficient (Wildman–Crippen LogP) is 2.44. The molecule has 2 heteroatoms. The van der Waals surface area contributed by atoms with E-state index in [4.69, 9.17) is 0 Å². The van der Waals surface area contributed by atoms with Crippen LogP contribution in [0.5, 0.6) is 0 Å². The maximum Gasteiger partial charge on any atom is 0.127 e. The summed E-state index contributed by atoms with van der Waals surface area (Å²) in [4.78, 5) is 0. The van der Waals surface area contributed by atoms with Crippen LogP contribution in [-0.4, -0.2) is 26.8 Å². The summed E-state index contributed by atoms with van der Waals surface area (Å²) in [5, 5.41) is 1.60. The molecule has 0 radical (unpaired) electrons. The minimum absolute atomic E-state index is 0.220. The largest absolute Gasteiger partial charge is 0.322 e. The normalized spacial score (nSPS) is 18.2. The molecular formula is C15H25NSi. The molecule has 1 saturated carbocycles. The van der Waals surface area contributed by atoms with E-state index in [0.29, 0.717) is 0 Å². The first-order chi connectivity index (χ1) is 8.40. The molecular weight excluding hydrogens is 222 g/mol. The van der Waals surface area contributed by atoms with E-state index >= 15 is 0 Å². The number of benzene rings is 1. The lowest BCUT2D eigenvalue weighted by molar-refractivity contribution is 0.259. The summed E-state index contributed by atoms with van der Waals surface area (Å²) < 4.78 is 2.84. The third-order valence-corrected chi connectivity index (χ3v) is 5.91. The van der Waals surface area contributed by atoms with E-state index in [1.165, 1.54) is 45.1 Å². The maximum atomic E-state index is 2.84. The molecule has 0 aliphatic heterocycles. The van der Waals surface area contributed by atoms with Gasteiger partial charge in [-0.05, 0) is 31.0 Å². The molecule has 0 N–H and O–H groups in total. The molecule has 0 spiro atoms. The van der Waals surface area contributed by atoms with Crippen molar-refractivity contribution in [2.45, 2.75) is 51.5 Å². The highest BCUT2D eigenvalue weighted by Crippen LogP contribution is 2.22. The van der Waals surface area contributed by atoms with Crippen molar-refractivity contribution >= 4 is 14.9 Å². The average Bonchev–Trinajstić information content (AvgIpc) is 2.40. The van der Waals surface area contributed by atoms with E-state index in [-0.39, 0.29) is 9.68 Å². The number of hydrogen-bond acceptors (Lipinski definition) is 1. The van der Waals surface area contributed by atoms with E-state index < -0.39 is 0 Å². The van der Waals surface area contributed by atoms with Gasteiger partial charge in [0.05, 0.1) is 0 Å². The Morgan fingerprint density at radius 1 is 1.12 bits per heavy atom. The molecule has 1 aliphatic rings. The molecule has 1 fully saturated rings. The van der Waals surface area contributed by atoms with Crippen molar-refractivity contribution in [1.29, 1.82) is 0 Å². The monoisotopic (exact) mass is 247 g/mol. The molecule has 0 atom stereocenters. The second-order valence-electron chi connectivity index (χ2n) is 5.25. The third kappa shape index (κ3) is 3.97. The minimum atomic E-state index is -0.220. The fourth-order valence-electron chi connectivity index (χ4n) is 2.94. The molecule has 0 bridgehead atoms. The zero-order valence-electron chi connectivity index (χ0n) is 11.1. The summed E-state index contributed by atoms with van der Waals surface area (Å²) in [5.74, 6) is 0. The molecule has 1 aliphatic carbocycles. The van der Waals surface area contributed by atoms with Gasteiger partial charge < -0.3 is 4.57 Å². The van der Waals surface area contributed by atoms with Gasteiger partial charge in [0.15, 0.2) is 0 Å². The molecule has 17 heavy (non-hydrogen) atoms. The topological polar surface area (TPSA) is 3.24 Å². The van der Waals surface area contributed by atoms with Crippen molar-refractivity contribution in [3.63, 3.8) is 0 Å². The standard InChI is InChI=1S/C15H25NSi/c1-2-13-16(14-9-5-3-6-10-14)17-15-11-7-4-8-12-15/h4,7-8,11-12,14H,2-3,5-6,9-10,13,17H2,1H3. The van der Waals surface area contributed by atoms with Gasteiger partial charge in [-0.2, -0.15) is 0 Å². The van der Waals surface area contributed by atoms with Crippen LogP contribution in [0.2, 0.25) is 0 Å². The highest BCUT2D eigenvalue weighted by atomic mass is 28.2. The van der Waals surface area contributed by atoms with Gasteiger partial charge >= 0.3 is 0 Å². The zero-order chi connectivity index (χ0) is 11.9. The van der Waals surface area contributed by atoms with E-state index in [0.717, 1.165) is 6.04 Å². The first-order valence-electron chi connectivity index (χ1n) is 7.18. The minimum Gasteiger partial charge on any atom is -0.322 e. The summed E-state index contributed by atoms with van der Waals surface area (Å²) >= 11 is 0. The highest BCUT2D eigenvalue weighted by Gasteiger charge is 2.20. The number of nitrogens with zero attached hydrogens (tertiary/aromatic N) is 1. The Kier molecular flexibility index (Phi) is 5.27. The Labute approximate surface area is 108 Å². The van der Waals surface area contributed by atoms with Gasteiger partial charge in [-0.1, -0.05) is 56.5 Å². The van der Waals surface area contributed by atoms with Gasteiger partial charge in [-0.3, -0.25) is 0 Å². The number of rotatable bonds is 5. The molecule has 1 aromatic carbocycles. The van der Waals surface area contributed by atoms with Crippen molar-refractivity contribution in [3.05, 3.63) is 30.3 Å². The van der Waals surface area contributed by atoms with Crippen LogP contribution < -0.4 is 5.19 Å². The SMILES string of the molecule is CCCN([SiH2]c1ccccc1)C1CCCCC1. The molecule has 0 saturated heterocycles. The Balaban J connectivity index is 1.96. The van der Waals surface area contributed by atoms with E-state index in [1.807, 2.05) is 0 Å². The lowest BCUT2D eigenvalue weighted by Gasteiger charge is -2.34. The summed E-state index contributed by atoms with van der Waals surface area (Å²) in [7, 11) is -0.220. The Bertz CT molecular complexity index is 306. The first kappa shape index (κ1) is 12.8. The second kappa shape index (κ2) is 6.97. The van der Waals surface area contributed by atoms with Crippen molar-refractivity contribution in [2.75, 3.05) is 6.54 Å². The fourth-order valence-corrected chi connectivity index (χ4v) is 4.99. The summed E-state index contributed by atoms with van der Waals surface area (Å²) in [6.45, 7) is 3.63. The first-order valence-corrected chi connectivity index (χ1v) is 8.52. The molecule has 0 aromatic heterocycles. The van der Waals surface area contributed by atoms with Crippen molar-refractivity contribution in [1.82, 2.24) is 4.57 Å². The van der Waals surface area contributed by atoms with Crippen LogP contribution in [0.25, 0.3) is 0 Å². The van der Waals surface area contributed by atoms with E-state index in [2.05, 4.69) is 41.8 Å². The molecule has 2 rings (SSSR count). The zero-order valence-corrected chi connectivity index (χ0v) is 12.5. The Hall–Kier alpha value is -0.603. The molecule has 0 heterocycles. The Morgan fingerprint density at radius 3 is 2.47 bits per heavy atom. The van der Waals surface area contributed by atoms with Crippen LogP contribution in [0.15, 0.2) is 30.3 Å². The van der Waals surface area contributed by atoms with E-state index in [9.17, 15) is 0 Å². The van der Waals surface area contributed by atoms with Crippen molar-refractivity contribution < 1.29 is 0 Å². The van der Waals surface area contributed by atoms with Gasteiger partial charge in [-0.25, -0.2) is 0 Å². The van der Waals surface area contributed by atoms with Gasteiger partial charge in [0, 0.05) is 6.04 Å². The molecule has 94 valence electrons. The van der Waals surface area contributed by atoms with Crippen LogP contribution in [0.3, 0.4) is 0 Å². The summed E-state index contributed by atoms with van der Waals surface area (Å²) in [6.07, 6.45) is 8.56. The highest BCUT2D eigenvalue weighted by molar-refractivity contribution is 6.50. The second-order valence-corrected chi connectivity index (χ2v) is 7.19. The predicted molar refractivity (Wildman–Crippen MR) is 78.5 cm³/mol. The van der Waals surface area contributed by atoms with Crippen LogP contribution >= 0.6 is 0 Å². The molecule has 1 aromatic rings. The molecule has 0 amide bonds. The molecule has 1 nitrogen and oxygen atoms in total. The quantitative estimate of drug-likeness (QED) is 0.723. The lowest BCUT2D eigenvalue weighted by atomic mass is 9.95. The fraction of sp³-hybridized carbons (Fsp3) is 0.600. The van der Waals surface area contributed by atoms with Crippen molar-refractivity contribution in [2.24, 2.45) is 0 Å². The van der Waals surface area contributed by atoms with Gasteiger partial charge in [0.25, 0.3) is 0 Å². The Morgan fingerprint density at radius 2 is 1.82 bits per heavy atom. The van der Waals surface area contributed by atoms with Crippen LogP contribution in [0.4, 0.5) is 0 Å². The average molecular weight is 247 g/mol. The molecule has 0 unspecified atom stereocenters. The smallest absolute Gasteiger partial charge is 0.127 e. The summed E-state index contributed by atoms with van der Waals surface area (Å²) in [6, 6.07) is 12.0. The van der Waals surface area contributed by atoms with Crippen LogP contribution in [0.1, 0.15) is 45.4 Å². The van der Waals surface area contributed by atoms with Crippen molar-refractivity contribution in [3.8, 4) is 0 Å². The number of hydrogen-bond donors (Lipinski definition) is 0.